The molecule has 80 valence electrons. The molecule has 0 saturated heterocycles. The lowest BCUT2D eigenvalue weighted by molar-refractivity contribution is 1.04. The number of H-pyrrole nitrogens is 1. The summed E-state index contributed by atoms with van der Waals surface area (Å²) < 4.78 is 0. The number of aryl methyl sites for hydroxylation is 1. The first-order valence-corrected chi connectivity index (χ1v) is 5.66. The van der Waals surface area contributed by atoms with Gasteiger partial charge >= 0.3 is 0 Å². The van der Waals surface area contributed by atoms with E-state index in [1.165, 1.54) is 11.1 Å². The van der Waals surface area contributed by atoms with Crippen LogP contribution in [0, 0.1) is 6.92 Å². The van der Waals surface area contributed by atoms with E-state index in [0.29, 0.717) is 0 Å². The smallest absolute Gasteiger partial charge is 0.104 e. The number of hydrogen-bond donors (Lipinski definition) is 1. The van der Waals surface area contributed by atoms with Crippen LogP contribution in [-0.2, 0) is 0 Å². The number of fused-ring (bicyclic) bond motifs is 1. The van der Waals surface area contributed by atoms with Gasteiger partial charge in [-0.3, -0.25) is 0 Å². The fourth-order valence-corrected chi connectivity index (χ4v) is 2.14. The standard InChI is InChI=1S/C14H14N2/c1-10-15-13-8-7-12(9-14(13)16-10)11-5-3-2-4-6-11/h3,5-9H,2,4H2,1H3,(H,15,16). The van der Waals surface area contributed by atoms with Gasteiger partial charge in [0.05, 0.1) is 11.0 Å². The summed E-state index contributed by atoms with van der Waals surface area (Å²) in [6.07, 6.45) is 9.04. The minimum atomic E-state index is 0.973. The van der Waals surface area contributed by atoms with Gasteiger partial charge in [-0.25, -0.2) is 4.98 Å². The maximum atomic E-state index is 4.41. The summed E-state index contributed by atoms with van der Waals surface area (Å²) in [6.45, 7) is 1.99. The third-order valence-electron chi connectivity index (χ3n) is 2.93. The van der Waals surface area contributed by atoms with E-state index in [4.69, 9.17) is 0 Å². The molecule has 0 bridgehead atoms. The second kappa shape index (κ2) is 3.63. The molecule has 3 rings (SSSR count). The van der Waals surface area contributed by atoms with Crippen molar-refractivity contribution in [3.63, 3.8) is 0 Å². The summed E-state index contributed by atoms with van der Waals surface area (Å²) in [5, 5.41) is 0. The minimum absolute atomic E-state index is 0.973. The van der Waals surface area contributed by atoms with Gasteiger partial charge in [0.15, 0.2) is 0 Å². The molecule has 0 spiro atoms. The van der Waals surface area contributed by atoms with Crippen molar-refractivity contribution < 1.29 is 0 Å². The number of imidazole rings is 1. The molecule has 0 amide bonds. The largest absolute Gasteiger partial charge is 0.342 e. The lowest BCUT2D eigenvalue weighted by Gasteiger charge is -2.06. The molecule has 0 atom stereocenters. The van der Waals surface area contributed by atoms with Crippen molar-refractivity contribution in [2.45, 2.75) is 19.8 Å². The van der Waals surface area contributed by atoms with Crippen LogP contribution in [0.1, 0.15) is 24.2 Å². The number of allylic oxidation sites excluding steroid dienone is 4. The van der Waals surface area contributed by atoms with Crippen LogP contribution >= 0.6 is 0 Å². The molecule has 16 heavy (non-hydrogen) atoms. The highest BCUT2D eigenvalue weighted by atomic mass is 14.9. The Morgan fingerprint density at radius 2 is 2.19 bits per heavy atom. The number of aromatic nitrogens is 2. The Hall–Kier alpha value is -1.83. The van der Waals surface area contributed by atoms with Crippen molar-refractivity contribution in [2.24, 2.45) is 0 Å². The van der Waals surface area contributed by atoms with Crippen molar-refractivity contribution in [2.75, 3.05) is 0 Å². The van der Waals surface area contributed by atoms with Gasteiger partial charge in [0.25, 0.3) is 0 Å². The Labute approximate surface area is 94.7 Å². The highest BCUT2D eigenvalue weighted by Gasteiger charge is 2.04. The SMILES string of the molecule is Cc1nc2ccc(C3=CCCC=C3)cc2[nH]1. The maximum Gasteiger partial charge on any atom is 0.104 e. The second-order valence-corrected chi connectivity index (χ2v) is 4.19. The summed E-state index contributed by atoms with van der Waals surface area (Å²) in [5.74, 6) is 0.973. The van der Waals surface area contributed by atoms with E-state index in [1.807, 2.05) is 6.92 Å². The number of aromatic amines is 1. The van der Waals surface area contributed by atoms with Crippen molar-refractivity contribution in [3.8, 4) is 0 Å². The lowest BCUT2D eigenvalue weighted by atomic mass is 9.99. The predicted octanol–water partition coefficient (Wildman–Crippen LogP) is 3.60. The Balaban J connectivity index is 2.10. The van der Waals surface area contributed by atoms with Gasteiger partial charge in [-0.05, 0) is 43.0 Å². The van der Waals surface area contributed by atoms with Crippen LogP contribution in [0.3, 0.4) is 0 Å². The van der Waals surface area contributed by atoms with E-state index in [9.17, 15) is 0 Å². The average Bonchev–Trinajstić information content (AvgIpc) is 2.69. The molecule has 1 N–H and O–H groups in total. The van der Waals surface area contributed by atoms with E-state index < -0.39 is 0 Å². The van der Waals surface area contributed by atoms with Crippen LogP contribution in [0.5, 0.6) is 0 Å². The third-order valence-corrected chi connectivity index (χ3v) is 2.93. The van der Waals surface area contributed by atoms with Crippen molar-refractivity contribution in [1.29, 1.82) is 0 Å². The van der Waals surface area contributed by atoms with Crippen LogP contribution in [0.25, 0.3) is 16.6 Å². The second-order valence-electron chi connectivity index (χ2n) is 4.19. The molecule has 1 heterocycles. The molecule has 1 aliphatic rings. The van der Waals surface area contributed by atoms with E-state index >= 15 is 0 Å². The van der Waals surface area contributed by atoms with Gasteiger partial charge in [-0.2, -0.15) is 0 Å². The molecule has 2 aromatic rings. The van der Waals surface area contributed by atoms with Gasteiger partial charge in [0, 0.05) is 0 Å². The van der Waals surface area contributed by atoms with Crippen LogP contribution in [0.4, 0.5) is 0 Å². The zero-order valence-electron chi connectivity index (χ0n) is 9.33. The van der Waals surface area contributed by atoms with Gasteiger partial charge in [-0.15, -0.1) is 0 Å². The molecule has 2 heteroatoms. The molecule has 1 aliphatic carbocycles. The van der Waals surface area contributed by atoms with Crippen molar-refractivity contribution >= 4 is 16.6 Å². The van der Waals surface area contributed by atoms with Gasteiger partial charge in [0.1, 0.15) is 5.82 Å². The highest BCUT2D eigenvalue weighted by Crippen LogP contribution is 2.24. The summed E-state index contributed by atoms with van der Waals surface area (Å²) in [7, 11) is 0. The molecule has 0 unspecified atom stereocenters. The maximum absolute atomic E-state index is 4.41. The van der Waals surface area contributed by atoms with Crippen LogP contribution in [0.2, 0.25) is 0 Å². The number of rotatable bonds is 1. The molecule has 0 saturated carbocycles. The molecule has 0 radical (unpaired) electrons. The summed E-state index contributed by atoms with van der Waals surface area (Å²) >= 11 is 0. The fourth-order valence-electron chi connectivity index (χ4n) is 2.14. The molecule has 2 nitrogen and oxygen atoms in total. The predicted molar refractivity (Wildman–Crippen MR) is 67.2 cm³/mol. The molecule has 0 aliphatic heterocycles. The van der Waals surface area contributed by atoms with E-state index in [0.717, 1.165) is 29.7 Å². The van der Waals surface area contributed by atoms with Crippen LogP contribution in [-0.4, -0.2) is 9.97 Å². The Morgan fingerprint density at radius 1 is 1.25 bits per heavy atom. The van der Waals surface area contributed by atoms with E-state index in [-0.39, 0.29) is 0 Å². The van der Waals surface area contributed by atoms with Crippen molar-refractivity contribution in [1.82, 2.24) is 9.97 Å². The first kappa shape index (κ1) is 9.40. The summed E-state index contributed by atoms with van der Waals surface area (Å²) in [5.41, 5.74) is 4.75. The highest BCUT2D eigenvalue weighted by molar-refractivity contribution is 5.83. The summed E-state index contributed by atoms with van der Waals surface area (Å²) in [6, 6.07) is 6.40. The number of nitrogens with zero attached hydrogens (tertiary/aromatic N) is 1. The van der Waals surface area contributed by atoms with Crippen LogP contribution in [0.15, 0.2) is 36.4 Å². The Kier molecular flexibility index (Phi) is 2.13. The number of hydrogen-bond acceptors (Lipinski definition) is 1. The van der Waals surface area contributed by atoms with Gasteiger partial charge in [-0.1, -0.05) is 24.3 Å². The molecular formula is C14H14N2. The molecular weight excluding hydrogens is 196 g/mol. The summed E-state index contributed by atoms with van der Waals surface area (Å²) in [4.78, 5) is 7.68. The Morgan fingerprint density at radius 3 is 3.00 bits per heavy atom. The third kappa shape index (κ3) is 1.56. The van der Waals surface area contributed by atoms with Crippen molar-refractivity contribution in [3.05, 3.63) is 47.8 Å². The first-order chi connectivity index (χ1) is 7.83. The normalized spacial score (nSPS) is 15.4. The molecule has 0 fully saturated rings. The Bertz CT molecular complexity index is 588. The zero-order valence-corrected chi connectivity index (χ0v) is 9.33. The van der Waals surface area contributed by atoms with Crippen LogP contribution < -0.4 is 0 Å². The van der Waals surface area contributed by atoms with Gasteiger partial charge < -0.3 is 4.98 Å². The molecule has 1 aromatic heterocycles. The number of nitrogens with one attached hydrogen (secondary N) is 1. The zero-order chi connectivity index (χ0) is 11.0. The topological polar surface area (TPSA) is 28.7 Å². The average molecular weight is 210 g/mol. The molecule has 1 aromatic carbocycles. The monoisotopic (exact) mass is 210 g/mol. The van der Waals surface area contributed by atoms with E-state index in [2.05, 4.69) is 46.4 Å². The minimum Gasteiger partial charge on any atom is -0.342 e. The lowest BCUT2D eigenvalue weighted by Crippen LogP contribution is -1.85. The first-order valence-electron chi connectivity index (χ1n) is 5.66. The van der Waals surface area contributed by atoms with Gasteiger partial charge in [0.2, 0.25) is 0 Å². The number of benzene rings is 1. The van der Waals surface area contributed by atoms with E-state index in [1.54, 1.807) is 0 Å². The quantitative estimate of drug-likeness (QED) is 0.765. The fraction of sp³-hybridized carbons (Fsp3) is 0.214.